The van der Waals surface area contributed by atoms with E-state index in [1.807, 2.05) is 6.26 Å². The van der Waals surface area contributed by atoms with Crippen LogP contribution >= 0.6 is 0 Å². The van der Waals surface area contributed by atoms with Gasteiger partial charge in [-0.25, -0.2) is 0 Å². The van der Waals surface area contributed by atoms with Crippen molar-refractivity contribution in [3.63, 3.8) is 0 Å². The minimum atomic E-state index is -0.652. The smallest absolute Gasteiger partial charge is 0.306 e. The van der Waals surface area contributed by atoms with Crippen molar-refractivity contribution >= 4 is 5.97 Å². The van der Waals surface area contributed by atoms with E-state index in [1.165, 1.54) is 108 Å². The Morgan fingerprint density at radius 2 is 1.62 bits per heavy atom. The predicted molar refractivity (Wildman–Crippen MR) is 161 cm³/mol. The maximum Gasteiger partial charge on any atom is 0.306 e. The molecular weight excluding hydrogens is 496 g/mol. The minimum Gasteiger partial charge on any atom is -0.469 e. The first-order valence-electron chi connectivity index (χ1n) is 17.4. The van der Waals surface area contributed by atoms with Crippen LogP contribution in [0.25, 0.3) is 0 Å². The lowest BCUT2D eigenvalue weighted by Gasteiger charge is -2.59. The molecule has 0 saturated heterocycles. The van der Waals surface area contributed by atoms with Crippen LogP contribution in [-0.2, 0) is 16.0 Å². The molecule has 0 radical (unpaired) electrons. The summed E-state index contributed by atoms with van der Waals surface area (Å²) in [5.41, 5.74) is 1.31. The van der Waals surface area contributed by atoms with Crippen molar-refractivity contribution in [2.24, 2.45) is 22.7 Å². The van der Waals surface area contributed by atoms with Gasteiger partial charge in [0.1, 0.15) is 11.4 Å². The molecule has 0 amide bonds. The molecule has 2 bridgehead atoms. The third kappa shape index (κ3) is 6.09. The van der Waals surface area contributed by atoms with Crippen LogP contribution in [0.3, 0.4) is 0 Å². The Balaban J connectivity index is 1.05. The van der Waals surface area contributed by atoms with Crippen molar-refractivity contribution < 1.29 is 19.1 Å². The molecule has 1 aromatic rings. The van der Waals surface area contributed by atoms with Gasteiger partial charge in [-0.3, -0.25) is 4.79 Å². The zero-order valence-electron chi connectivity index (χ0n) is 25.8. The lowest BCUT2D eigenvalue weighted by Crippen LogP contribution is -2.51. The van der Waals surface area contributed by atoms with Crippen LogP contribution in [0.1, 0.15) is 166 Å². The van der Waals surface area contributed by atoms with Crippen molar-refractivity contribution in [3.05, 3.63) is 23.7 Å². The predicted octanol–water partition coefficient (Wildman–Crippen LogP) is 9.67. The van der Waals surface area contributed by atoms with Gasteiger partial charge in [0.25, 0.3) is 0 Å². The highest BCUT2D eigenvalue weighted by Crippen LogP contribution is 2.72. The first kappa shape index (κ1) is 30.2. The fraction of sp³-hybridized carbons (Fsp3) is 0.861. The topological polar surface area (TPSA) is 59.7 Å². The van der Waals surface area contributed by atoms with Gasteiger partial charge in [0.05, 0.1) is 12.9 Å². The molecule has 1 aromatic heterocycles. The van der Waals surface area contributed by atoms with Crippen LogP contribution in [-0.4, -0.2) is 23.3 Å². The van der Waals surface area contributed by atoms with Gasteiger partial charge < -0.3 is 14.3 Å². The summed E-state index contributed by atoms with van der Waals surface area (Å²) in [6.07, 6.45) is 28.3. The Hall–Kier alpha value is -1.29. The fourth-order valence-electron chi connectivity index (χ4n) is 10.2. The van der Waals surface area contributed by atoms with E-state index >= 15 is 0 Å². The summed E-state index contributed by atoms with van der Waals surface area (Å²) in [5.74, 6) is 2.69. The highest BCUT2D eigenvalue weighted by atomic mass is 16.6. The van der Waals surface area contributed by atoms with Gasteiger partial charge in [-0.05, 0) is 85.7 Å². The summed E-state index contributed by atoms with van der Waals surface area (Å²) < 4.78 is 12.2. The molecule has 0 unspecified atom stereocenters. The Morgan fingerprint density at radius 1 is 0.950 bits per heavy atom. The normalized spacial score (nSPS) is 34.2. The molecule has 0 aromatic carbocycles. The molecule has 4 heteroatoms. The second-order valence-electron chi connectivity index (χ2n) is 14.7. The zero-order chi connectivity index (χ0) is 28.1. The van der Waals surface area contributed by atoms with Crippen LogP contribution in [0.15, 0.2) is 16.7 Å². The highest BCUT2D eigenvalue weighted by molar-refractivity contribution is 5.70. The lowest BCUT2D eigenvalue weighted by atomic mass is 9.45. The number of unbranched alkanes of at least 4 members (excludes halogenated alkanes) is 12. The summed E-state index contributed by atoms with van der Waals surface area (Å²) in [5, 5.41) is 10.7. The van der Waals surface area contributed by atoms with E-state index in [0.717, 1.165) is 38.5 Å². The molecule has 40 heavy (non-hydrogen) atoms. The summed E-state index contributed by atoms with van der Waals surface area (Å²) in [6.45, 7) is 4.81. The number of aryl methyl sites for hydroxylation is 1. The van der Waals surface area contributed by atoms with Gasteiger partial charge in [0.15, 0.2) is 0 Å². The molecular formula is C36H58O4. The van der Waals surface area contributed by atoms with E-state index in [1.54, 1.807) is 0 Å². The fourth-order valence-corrected chi connectivity index (χ4v) is 10.2. The quantitative estimate of drug-likeness (QED) is 0.163. The second kappa shape index (κ2) is 13.3. The van der Waals surface area contributed by atoms with Crippen molar-refractivity contribution in [2.75, 3.05) is 6.61 Å². The number of hydrogen-bond donors (Lipinski definition) is 1. The maximum atomic E-state index is 13.1. The molecule has 4 aliphatic carbocycles. The molecule has 1 N–H and O–H groups in total. The van der Waals surface area contributed by atoms with E-state index < -0.39 is 5.60 Å². The van der Waals surface area contributed by atoms with E-state index in [4.69, 9.17) is 9.15 Å². The van der Waals surface area contributed by atoms with E-state index in [0.29, 0.717) is 24.2 Å². The Morgan fingerprint density at radius 3 is 2.30 bits per heavy atom. The molecule has 6 atom stereocenters. The Bertz CT molecular complexity index is 952. The van der Waals surface area contributed by atoms with Crippen molar-refractivity contribution in [2.45, 2.75) is 167 Å². The van der Waals surface area contributed by atoms with Gasteiger partial charge >= 0.3 is 5.97 Å². The number of rotatable bonds is 16. The van der Waals surface area contributed by atoms with Gasteiger partial charge in [-0.1, -0.05) is 90.9 Å². The molecule has 4 aliphatic rings. The molecule has 0 aliphatic heterocycles. The van der Waals surface area contributed by atoms with Crippen LogP contribution in [0.4, 0.5) is 0 Å². The average Bonchev–Trinajstić information content (AvgIpc) is 3.51. The average molecular weight is 555 g/mol. The molecule has 3 fully saturated rings. The number of carbonyl (C=O) groups is 1. The molecule has 5 rings (SSSR count). The number of ether oxygens (including phenoxy) is 1. The molecule has 4 nitrogen and oxygen atoms in total. The van der Waals surface area contributed by atoms with E-state index in [2.05, 4.69) is 19.9 Å². The SMILES string of the molecule is CCCCCCCCCCCCCCCC(=O)O[C@]1(CO)C[C@@]23CC[C@@H]4c5ccoc5CC[C@@]4(C)[C@@H]2CC[C@H]1C3. The van der Waals surface area contributed by atoms with Gasteiger partial charge in [-0.2, -0.15) is 0 Å². The van der Waals surface area contributed by atoms with Crippen molar-refractivity contribution in [3.8, 4) is 0 Å². The van der Waals surface area contributed by atoms with Gasteiger partial charge in [-0.15, -0.1) is 0 Å². The van der Waals surface area contributed by atoms with Crippen molar-refractivity contribution in [1.29, 1.82) is 0 Å². The zero-order valence-corrected chi connectivity index (χ0v) is 25.8. The van der Waals surface area contributed by atoms with Crippen LogP contribution in [0, 0.1) is 22.7 Å². The number of furan rings is 1. The van der Waals surface area contributed by atoms with Crippen molar-refractivity contribution in [1.82, 2.24) is 0 Å². The third-order valence-corrected chi connectivity index (χ3v) is 12.2. The van der Waals surface area contributed by atoms with E-state index in [-0.39, 0.29) is 23.4 Å². The monoisotopic (exact) mass is 554 g/mol. The molecule has 1 spiro atoms. The summed E-state index contributed by atoms with van der Waals surface area (Å²) in [6, 6.07) is 2.23. The number of aliphatic hydroxyl groups is 1. The summed E-state index contributed by atoms with van der Waals surface area (Å²) in [4.78, 5) is 13.1. The Labute approximate surface area is 244 Å². The summed E-state index contributed by atoms with van der Waals surface area (Å²) in [7, 11) is 0. The van der Waals surface area contributed by atoms with Crippen LogP contribution in [0.2, 0.25) is 0 Å². The number of carbonyl (C=O) groups excluding carboxylic acids is 1. The second-order valence-corrected chi connectivity index (χ2v) is 14.7. The van der Waals surface area contributed by atoms with E-state index in [9.17, 15) is 9.90 Å². The molecule has 226 valence electrons. The standard InChI is InChI=1S/C36H58O4/c1-3-4-5-6-7-8-9-10-11-12-13-14-15-16-33(38)40-36(27-37)26-35-23-19-30-29-21-24-39-31(29)20-22-34(30,2)32(35)18-17-28(36)25-35/h21,24,28,30,32,37H,3-20,22-23,25-27H2,1-2H3/t28-,30+,32-,34+,35-,36-/m0/s1. The number of hydrogen-bond acceptors (Lipinski definition) is 4. The maximum absolute atomic E-state index is 13.1. The molecule has 3 saturated carbocycles. The number of aliphatic hydroxyl groups excluding tert-OH is 1. The third-order valence-electron chi connectivity index (χ3n) is 12.2. The highest BCUT2D eigenvalue weighted by Gasteiger charge is 2.67. The largest absolute Gasteiger partial charge is 0.469 e. The van der Waals surface area contributed by atoms with Gasteiger partial charge in [0, 0.05) is 18.8 Å². The molecule has 1 heterocycles. The van der Waals surface area contributed by atoms with Gasteiger partial charge in [0.2, 0.25) is 0 Å². The summed E-state index contributed by atoms with van der Waals surface area (Å²) >= 11 is 0. The van der Waals surface area contributed by atoms with Crippen LogP contribution in [0.5, 0.6) is 0 Å². The van der Waals surface area contributed by atoms with Crippen LogP contribution < -0.4 is 0 Å². The Kier molecular flexibility index (Phi) is 10.1. The minimum absolute atomic E-state index is 0.0114. The first-order chi connectivity index (χ1) is 19.5. The number of esters is 1. The number of fused-ring (bicyclic) bond motifs is 5. The first-order valence-corrected chi connectivity index (χ1v) is 17.4. The lowest BCUT2D eigenvalue weighted by molar-refractivity contribution is -0.170.